The Labute approximate surface area is 239 Å². The number of likely N-dealkylation sites (tertiary alicyclic amines) is 1. The minimum atomic E-state index is -0.378. The maximum atomic E-state index is 13.8. The Morgan fingerprint density at radius 3 is 2.25 bits per heavy atom. The van der Waals surface area contributed by atoms with E-state index in [1.165, 1.54) is 12.1 Å². The normalized spacial score (nSPS) is 13.2. The summed E-state index contributed by atoms with van der Waals surface area (Å²) in [6.45, 7) is 5.72. The largest absolute Gasteiger partial charge is 0.497 e. The molecule has 8 nitrogen and oxygen atoms in total. The number of urea groups is 1. The smallest absolute Gasteiger partial charge is 0.322 e. The Balaban J connectivity index is 1.53. The molecule has 1 saturated heterocycles. The second-order valence-electron chi connectivity index (χ2n) is 9.90. The van der Waals surface area contributed by atoms with Crippen molar-refractivity contribution in [1.29, 1.82) is 0 Å². The van der Waals surface area contributed by atoms with Gasteiger partial charge in [0.25, 0.3) is 0 Å². The van der Waals surface area contributed by atoms with E-state index in [4.69, 9.17) is 9.47 Å². The number of benzene rings is 2. The number of rotatable bonds is 12. The van der Waals surface area contributed by atoms with E-state index in [1.807, 2.05) is 18.4 Å². The van der Waals surface area contributed by atoms with Gasteiger partial charge in [0.05, 0.1) is 20.8 Å². The lowest BCUT2D eigenvalue weighted by Gasteiger charge is -2.29. The van der Waals surface area contributed by atoms with Gasteiger partial charge in [-0.15, -0.1) is 11.3 Å². The molecule has 0 radical (unpaired) electrons. The molecule has 1 aliphatic heterocycles. The first-order valence-corrected chi connectivity index (χ1v) is 14.3. The van der Waals surface area contributed by atoms with Gasteiger partial charge in [0.2, 0.25) is 5.91 Å². The third-order valence-corrected chi connectivity index (χ3v) is 8.05. The monoisotopic (exact) mass is 568 g/mol. The van der Waals surface area contributed by atoms with Crippen molar-refractivity contribution in [2.75, 3.05) is 52.3 Å². The van der Waals surface area contributed by atoms with Gasteiger partial charge in [0.15, 0.2) is 0 Å². The summed E-state index contributed by atoms with van der Waals surface area (Å²) in [6.07, 6.45) is 2.28. The van der Waals surface area contributed by atoms with E-state index in [1.54, 1.807) is 65.7 Å². The van der Waals surface area contributed by atoms with Crippen LogP contribution in [0.2, 0.25) is 0 Å². The van der Waals surface area contributed by atoms with E-state index in [-0.39, 0.29) is 24.3 Å². The molecule has 40 heavy (non-hydrogen) atoms. The molecule has 1 aliphatic rings. The average molecular weight is 569 g/mol. The average Bonchev–Trinajstić information content (AvgIpc) is 3.63. The Hall–Kier alpha value is -3.63. The lowest BCUT2D eigenvalue weighted by molar-refractivity contribution is -0.133. The Morgan fingerprint density at radius 2 is 1.65 bits per heavy atom. The van der Waals surface area contributed by atoms with Crippen LogP contribution in [0.5, 0.6) is 11.5 Å². The number of halogens is 1. The second-order valence-corrected chi connectivity index (χ2v) is 10.9. The van der Waals surface area contributed by atoms with E-state index in [2.05, 4.69) is 10.2 Å². The van der Waals surface area contributed by atoms with Gasteiger partial charge in [-0.1, -0.05) is 12.1 Å². The molecule has 0 atom stereocenters. The van der Waals surface area contributed by atoms with E-state index >= 15 is 0 Å². The van der Waals surface area contributed by atoms with Crippen LogP contribution in [0.25, 0.3) is 0 Å². The van der Waals surface area contributed by atoms with Crippen LogP contribution >= 0.6 is 11.3 Å². The number of aryl methyl sites for hydroxylation is 1. The van der Waals surface area contributed by atoms with Gasteiger partial charge in [-0.05, 0) is 67.6 Å². The highest BCUT2D eigenvalue weighted by atomic mass is 32.1. The van der Waals surface area contributed by atoms with Crippen molar-refractivity contribution in [3.63, 3.8) is 0 Å². The third kappa shape index (κ3) is 8.19. The minimum absolute atomic E-state index is 0.0909. The van der Waals surface area contributed by atoms with Crippen LogP contribution in [0, 0.1) is 12.7 Å². The van der Waals surface area contributed by atoms with E-state index < -0.39 is 0 Å². The van der Waals surface area contributed by atoms with Crippen molar-refractivity contribution in [2.24, 2.45) is 0 Å². The van der Waals surface area contributed by atoms with Crippen molar-refractivity contribution in [3.05, 3.63) is 75.7 Å². The van der Waals surface area contributed by atoms with Gasteiger partial charge in [0.1, 0.15) is 23.9 Å². The number of amides is 3. The summed E-state index contributed by atoms with van der Waals surface area (Å²) in [4.78, 5) is 34.0. The lowest BCUT2D eigenvalue weighted by Crippen LogP contribution is -2.46. The highest BCUT2D eigenvalue weighted by Crippen LogP contribution is 2.26. The molecule has 0 aliphatic carbocycles. The van der Waals surface area contributed by atoms with E-state index in [0.717, 1.165) is 41.9 Å². The lowest BCUT2D eigenvalue weighted by atomic mass is 10.2. The maximum Gasteiger partial charge on any atom is 0.322 e. The molecule has 2 heterocycles. The number of hydrogen-bond acceptors (Lipinski definition) is 6. The molecule has 2 aromatic carbocycles. The summed E-state index contributed by atoms with van der Waals surface area (Å²) in [5.74, 6) is 0.587. The maximum absolute atomic E-state index is 13.8. The van der Waals surface area contributed by atoms with Gasteiger partial charge in [-0.25, -0.2) is 9.18 Å². The van der Waals surface area contributed by atoms with Crippen molar-refractivity contribution < 1.29 is 23.5 Å². The predicted molar refractivity (Wildman–Crippen MR) is 156 cm³/mol. The number of methoxy groups -OCH3 is 2. The summed E-state index contributed by atoms with van der Waals surface area (Å²) < 4.78 is 24.2. The highest BCUT2D eigenvalue weighted by Gasteiger charge is 2.24. The number of thiophene rings is 1. The summed E-state index contributed by atoms with van der Waals surface area (Å²) in [5, 5.41) is 4.92. The number of ether oxygens (including phenoxy) is 2. The molecule has 4 rings (SSSR count). The van der Waals surface area contributed by atoms with Crippen LogP contribution in [-0.2, 0) is 17.9 Å². The fourth-order valence-corrected chi connectivity index (χ4v) is 5.57. The number of nitrogens with one attached hydrogen (secondary N) is 1. The van der Waals surface area contributed by atoms with Gasteiger partial charge < -0.3 is 29.5 Å². The molecule has 0 unspecified atom stereocenters. The number of anilines is 1. The highest BCUT2D eigenvalue weighted by molar-refractivity contribution is 7.10. The number of hydrogen-bond donors (Lipinski definition) is 1. The molecule has 1 fully saturated rings. The second kappa shape index (κ2) is 14.1. The molecule has 0 spiro atoms. The van der Waals surface area contributed by atoms with Crippen molar-refractivity contribution >= 4 is 29.0 Å². The molecule has 214 valence electrons. The standard InChI is InChI=1S/C30H37FN4O4S/c1-22-10-15-40-28(22)20-35(19-23-6-8-24(31)9-7-23)29(36)21-34(14-13-33-11-4-5-12-33)30(37)32-25-16-26(38-2)18-27(17-25)39-3/h6-10,15-18H,4-5,11-14,19-21H2,1-3H3,(H,32,37). The third-order valence-electron chi connectivity index (χ3n) is 7.04. The van der Waals surface area contributed by atoms with Crippen molar-refractivity contribution in [2.45, 2.75) is 32.9 Å². The Kier molecular flexibility index (Phi) is 10.4. The molecular formula is C30H37FN4O4S. The van der Waals surface area contributed by atoms with Crippen LogP contribution in [0.1, 0.15) is 28.8 Å². The molecule has 0 bridgehead atoms. The summed E-state index contributed by atoms with van der Waals surface area (Å²) in [7, 11) is 3.10. The van der Waals surface area contributed by atoms with Crippen LogP contribution in [-0.4, -0.2) is 73.6 Å². The zero-order chi connectivity index (χ0) is 28.5. The van der Waals surface area contributed by atoms with Crippen LogP contribution in [0.15, 0.2) is 53.9 Å². The zero-order valence-corrected chi connectivity index (χ0v) is 24.1. The summed E-state index contributed by atoms with van der Waals surface area (Å²) >= 11 is 1.59. The molecule has 3 aromatic rings. The zero-order valence-electron chi connectivity index (χ0n) is 23.3. The van der Waals surface area contributed by atoms with Crippen molar-refractivity contribution in [1.82, 2.24) is 14.7 Å². The topological polar surface area (TPSA) is 74.4 Å². The van der Waals surface area contributed by atoms with Crippen LogP contribution in [0.3, 0.4) is 0 Å². The molecular weight excluding hydrogens is 531 g/mol. The fraction of sp³-hybridized carbons (Fsp3) is 0.400. The molecule has 1 aromatic heterocycles. The van der Waals surface area contributed by atoms with Gasteiger partial charge in [-0.3, -0.25) is 4.79 Å². The first kappa shape index (κ1) is 29.4. The molecule has 1 N–H and O–H groups in total. The molecule has 10 heteroatoms. The van der Waals surface area contributed by atoms with Gasteiger partial charge in [-0.2, -0.15) is 0 Å². The van der Waals surface area contributed by atoms with Gasteiger partial charge in [0, 0.05) is 48.4 Å². The first-order chi connectivity index (χ1) is 19.3. The SMILES string of the molecule is COc1cc(NC(=O)N(CCN2CCCC2)CC(=O)N(Cc2ccc(F)cc2)Cc2sccc2C)cc(OC)c1. The number of carbonyl (C=O) groups is 2. The number of carbonyl (C=O) groups excluding carboxylic acids is 2. The predicted octanol–water partition coefficient (Wildman–Crippen LogP) is 5.37. The quantitative estimate of drug-likeness (QED) is 0.318. The van der Waals surface area contributed by atoms with E-state index in [0.29, 0.717) is 43.4 Å². The summed E-state index contributed by atoms with van der Waals surface area (Å²) in [5.41, 5.74) is 2.44. The number of nitrogens with zero attached hydrogens (tertiary/aromatic N) is 3. The Morgan fingerprint density at radius 1 is 0.975 bits per heavy atom. The Bertz CT molecular complexity index is 1250. The van der Waals surface area contributed by atoms with Crippen molar-refractivity contribution in [3.8, 4) is 11.5 Å². The van der Waals surface area contributed by atoms with Crippen LogP contribution in [0.4, 0.5) is 14.9 Å². The summed E-state index contributed by atoms with van der Waals surface area (Å²) in [6, 6.07) is 13.0. The fourth-order valence-electron chi connectivity index (χ4n) is 4.65. The minimum Gasteiger partial charge on any atom is -0.497 e. The van der Waals surface area contributed by atoms with Gasteiger partial charge >= 0.3 is 6.03 Å². The van der Waals surface area contributed by atoms with Crippen LogP contribution < -0.4 is 14.8 Å². The molecule has 0 saturated carbocycles. The molecule has 3 amide bonds. The van der Waals surface area contributed by atoms with E-state index in [9.17, 15) is 14.0 Å². The first-order valence-electron chi connectivity index (χ1n) is 13.4.